The Morgan fingerprint density at radius 1 is 1.00 bits per heavy atom. The van der Waals surface area contributed by atoms with Crippen LogP contribution in [0.25, 0.3) is 0 Å². The van der Waals surface area contributed by atoms with Crippen LogP contribution in [-0.2, 0) is 9.53 Å². The van der Waals surface area contributed by atoms with Gasteiger partial charge in [0.1, 0.15) is 0 Å². The van der Waals surface area contributed by atoms with Gasteiger partial charge in [-0.25, -0.2) is 9.97 Å². The minimum Gasteiger partial charge on any atom is -0.381 e. The maximum Gasteiger partial charge on any atom is 0.227 e. The van der Waals surface area contributed by atoms with Gasteiger partial charge in [-0.2, -0.15) is 0 Å². The Hall–Kier alpha value is -1.77. The lowest BCUT2D eigenvalue weighted by molar-refractivity contribution is -0.136. The quantitative estimate of drug-likeness (QED) is 0.798. The van der Waals surface area contributed by atoms with E-state index in [0.29, 0.717) is 11.9 Å². The number of anilines is 1. The number of nitrogens with zero attached hydrogens (tertiary/aromatic N) is 5. The first-order valence-corrected chi connectivity index (χ1v) is 11.1. The summed E-state index contributed by atoms with van der Waals surface area (Å²) < 4.78 is 5.53. The second kappa shape index (κ2) is 9.82. The Bertz CT molecular complexity index is 654. The molecule has 8 nitrogen and oxygen atoms in total. The van der Waals surface area contributed by atoms with Crippen LogP contribution in [0, 0.1) is 5.92 Å². The molecule has 3 aliphatic heterocycles. The molecule has 0 unspecified atom stereocenters. The van der Waals surface area contributed by atoms with Crippen molar-refractivity contribution in [2.24, 2.45) is 11.7 Å². The number of carbonyl (C=O) groups is 1. The van der Waals surface area contributed by atoms with Crippen LogP contribution in [0.1, 0.15) is 32.1 Å². The molecule has 1 aromatic rings. The van der Waals surface area contributed by atoms with Crippen molar-refractivity contribution in [3.05, 3.63) is 18.5 Å². The van der Waals surface area contributed by atoms with Crippen molar-refractivity contribution in [3.63, 3.8) is 0 Å². The first-order chi connectivity index (χ1) is 14.2. The fourth-order valence-electron chi connectivity index (χ4n) is 4.86. The van der Waals surface area contributed by atoms with Crippen molar-refractivity contribution >= 4 is 11.9 Å². The Balaban J connectivity index is 1.38. The normalized spacial score (nSPS) is 28.0. The third-order valence-corrected chi connectivity index (χ3v) is 6.51. The molecule has 3 fully saturated rings. The first kappa shape index (κ1) is 20.5. The Labute approximate surface area is 173 Å². The molecule has 4 heterocycles. The van der Waals surface area contributed by atoms with Crippen molar-refractivity contribution in [1.82, 2.24) is 19.8 Å². The zero-order chi connectivity index (χ0) is 20.1. The molecular weight excluding hydrogens is 368 g/mol. The number of carbonyl (C=O) groups excluding carboxylic acids is 1. The van der Waals surface area contributed by atoms with Gasteiger partial charge in [0.05, 0.1) is 5.92 Å². The van der Waals surface area contributed by atoms with Gasteiger partial charge >= 0.3 is 0 Å². The highest BCUT2D eigenvalue weighted by Crippen LogP contribution is 2.24. The van der Waals surface area contributed by atoms with Gasteiger partial charge in [0, 0.05) is 77.0 Å². The molecule has 160 valence electrons. The molecule has 8 heteroatoms. The van der Waals surface area contributed by atoms with Crippen LogP contribution in [0.2, 0.25) is 0 Å². The van der Waals surface area contributed by atoms with E-state index in [1.54, 1.807) is 12.4 Å². The van der Waals surface area contributed by atoms with E-state index in [1.807, 2.05) is 6.07 Å². The third-order valence-electron chi connectivity index (χ3n) is 6.51. The van der Waals surface area contributed by atoms with Gasteiger partial charge in [-0.3, -0.25) is 9.69 Å². The lowest BCUT2D eigenvalue weighted by Crippen LogP contribution is -2.48. The fraction of sp³-hybridized carbons (Fsp3) is 0.762. The minimum atomic E-state index is 0.0471. The highest BCUT2D eigenvalue weighted by molar-refractivity contribution is 5.79. The summed E-state index contributed by atoms with van der Waals surface area (Å²) in [5, 5.41) is 0. The van der Waals surface area contributed by atoms with Crippen LogP contribution in [-0.4, -0.2) is 90.2 Å². The summed E-state index contributed by atoms with van der Waals surface area (Å²) in [4.78, 5) is 28.9. The van der Waals surface area contributed by atoms with Gasteiger partial charge in [-0.05, 0) is 38.2 Å². The van der Waals surface area contributed by atoms with E-state index in [2.05, 4.69) is 24.7 Å². The summed E-state index contributed by atoms with van der Waals surface area (Å²) in [6, 6.07) is 2.49. The standard InChI is InChI=1S/C21H34N6O2/c22-18-4-3-17(15-27(16-18)19-5-13-29-14-6-19)20(28)25-9-2-10-26(12-11-25)21-23-7-1-8-24-21/h1,7-8,17-19H,2-6,9-16,22H2/t17-,18+/m1/s1. The van der Waals surface area contributed by atoms with Gasteiger partial charge < -0.3 is 20.3 Å². The zero-order valence-corrected chi connectivity index (χ0v) is 17.3. The average Bonchev–Trinajstić information content (AvgIpc) is 3.13. The zero-order valence-electron chi connectivity index (χ0n) is 17.3. The van der Waals surface area contributed by atoms with Gasteiger partial charge in [0.15, 0.2) is 0 Å². The van der Waals surface area contributed by atoms with Crippen LogP contribution in [0.15, 0.2) is 18.5 Å². The van der Waals surface area contributed by atoms with Crippen molar-refractivity contribution in [3.8, 4) is 0 Å². The summed E-state index contributed by atoms with van der Waals surface area (Å²) in [5.41, 5.74) is 6.36. The monoisotopic (exact) mass is 402 g/mol. The van der Waals surface area contributed by atoms with Crippen LogP contribution < -0.4 is 10.6 Å². The highest BCUT2D eigenvalue weighted by atomic mass is 16.5. The number of rotatable bonds is 3. The molecule has 0 aliphatic carbocycles. The smallest absolute Gasteiger partial charge is 0.227 e. The maximum atomic E-state index is 13.4. The summed E-state index contributed by atoms with van der Waals surface area (Å²) in [5.74, 6) is 1.10. The van der Waals surface area contributed by atoms with Crippen molar-refractivity contribution < 1.29 is 9.53 Å². The minimum absolute atomic E-state index is 0.0471. The van der Waals surface area contributed by atoms with Crippen LogP contribution in [0.5, 0.6) is 0 Å². The van der Waals surface area contributed by atoms with Crippen LogP contribution in [0.4, 0.5) is 5.95 Å². The van der Waals surface area contributed by atoms with Gasteiger partial charge in [-0.1, -0.05) is 0 Å². The molecule has 2 atom stereocenters. The van der Waals surface area contributed by atoms with E-state index in [1.165, 1.54) is 0 Å². The SMILES string of the molecule is N[C@H]1CC[C@@H](C(=O)N2CCCN(c3ncccn3)CC2)CN(C2CCOCC2)C1. The van der Waals surface area contributed by atoms with Crippen LogP contribution >= 0.6 is 0 Å². The summed E-state index contributed by atoms with van der Waals surface area (Å²) in [6.45, 7) is 6.58. The molecule has 2 N–H and O–H groups in total. The Kier molecular flexibility index (Phi) is 6.94. The molecule has 0 saturated carbocycles. The average molecular weight is 403 g/mol. The largest absolute Gasteiger partial charge is 0.381 e. The molecular formula is C21H34N6O2. The first-order valence-electron chi connectivity index (χ1n) is 11.1. The lowest BCUT2D eigenvalue weighted by Gasteiger charge is -2.36. The second-order valence-corrected chi connectivity index (χ2v) is 8.55. The number of ether oxygens (including phenoxy) is 1. The molecule has 0 radical (unpaired) electrons. The predicted octanol–water partition coefficient (Wildman–Crippen LogP) is 0.734. The maximum absolute atomic E-state index is 13.4. The number of amides is 1. The third kappa shape index (κ3) is 5.24. The predicted molar refractivity (Wildman–Crippen MR) is 112 cm³/mol. The molecule has 4 rings (SSSR count). The number of hydrogen-bond donors (Lipinski definition) is 1. The lowest BCUT2D eigenvalue weighted by atomic mass is 9.99. The van der Waals surface area contributed by atoms with Crippen molar-refractivity contribution in [2.75, 3.05) is 57.4 Å². The van der Waals surface area contributed by atoms with Crippen molar-refractivity contribution in [1.29, 1.82) is 0 Å². The molecule has 0 aromatic carbocycles. The topological polar surface area (TPSA) is 87.8 Å². The van der Waals surface area contributed by atoms with E-state index < -0.39 is 0 Å². The van der Waals surface area contributed by atoms with Gasteiger partial charge in [0.25, 0.3) is 0 Å². The molecule has 0 spiro atoms. The molecule has 29 heavy (non-hydrogen) atoms. The van der Waals surface area contributed by atoms with Crippen molar-refractivity contribution in [2.45, 2.75) is 44.2 Å². The molecule has 3 aliphatic rings. The molecule has 1 amide bonds. The number of hydrogen-bond acceptors (Lipinski definition) is 7. The van der Waals surface area contributed by atoms with E-state index in [4.69, 9.17) is 10.5 Å². The summed E-state index contributed by atoms with van der Waals surface area (Å²) in [6.07, 6.45) is 8.40. The van der Waals surface area contributed by atoms with Gasteiger partial charge in [0.2, 0.25) is 11.9 Å². The number of likely N-dealkylation sites (tertiary alicyclic amines) is 1. The molecule has 1 aromatic heterocycles. The highest BCUT2D eigenvalue weighted by Gasteiger charge is 2.34. The summed E-state index contributed by atoms with van der Waals surface area (Å²) >= 11 is 0. The van der Waals surface area contributed by atoms with E-state index in [-0.39, 0.29) is 12.0 Å². The summed E-state index contributed by atoms with van der Waals surface area (Å²) in [7, 11) is 0. The Morgan fingerprint density at radius 3 is 2.59 bits per heavy atom. The second-order valence-electron chi connectivity index (χ2n) is 8.55. The number of aromatic nitrogens is 2. The van der Waals surface area contributed by atoms with Crippen LogP contribution in [0.3, 0.4) is 0 Å². The van der Waals surface area contributed by atoms with E-state index in [9.17, 15) is 4.79 Å². The fourth-order valence-corrected chi connectivity index (χ4v) is 4.86. The van der Waals surface area contributed by atoms with Gasteiger partial charge in [-0.15, -0.1) is 0 Å². The van der Waals surface area contributed by atoms with E-state index in [0.717, 1.165) is 90.5 Å². The molecule has 3 saturated heterocycles. The Morgan fingerprint density at radius 2 is 1.79 bits per heavy atom. The van der Waals surface area contributed by atoms with E-state index >= 15 is 0 Å². The number of nitrogens with two attached hydrogens (primary N) is 1. The molecule has 0 bridgehead atoms.